The van der Waals surface area contributed by atoms with Crippen molar-refractivity contribution in [2.45, 2.75) is 50.5 Å². The molecule has 1 aromatic carbocycles. The second-order valence-corrected chi connectivity index (χ2v) is 8.36. The molecule has 3 unspecified atom stereocenters. The summed E-state index contributed by atoms with van der Waals surface area (Å²) in [5, 5.41) is 11.5. The van der Waals surface area contributed by atoms with Crippen LogP contribution in [0.1, 0.15) is 42.2 Å². The van der Waals surface area contributed by atoms with Crippen molar-refractivity contribution in [3.05, 3.63) is 60.3 Å². The van der Waals surface area contributed by atoms with Crippen LogP contribution in [0.5, 0.6) is 0 Å². The first kappa shape index (κ1) is 21.4. The lowest BCUT2D eigenvalue weighted by atomic mass is 9.93. The van der Waals surface area contributed by atoms with Gasteiger partial charge in [0.25, 0.3) is 5.91 Å². The number of alkyl halides is 3. The number of para-hydroxylation sites is 1. The monoisotopic (exact) mass is 457 g/mol. The van der Waals surface area contributed by atoms with Crippen molar-refractivity contribution >= 4 is 11.7 Å². The minimum absolute atomic E-state index is 0.0953. The summed E-state index contributed by atoms with van der Waals surface area (Å²) < 4.78 is 38.4. The zero-order valence-corrected chi connectivity index (χ0v) is 17.8. The average molecular weight is 457 g/mol. The van der Waals surface area contributed by atoms with Crippen LogP contribution in [0.25, 0.3) is 5.69 Å². The Morgan fingerprint density at radius 2 is 1.88 bits per heavy atom. The number of hydrogen-bond acceptors (Lipinski definition) is 6. The van der Waals surface area contributed by atoms with E-state index in [1.165, 1.54) is 4.80 Å². The van der Waals surface area contributed by atoms with Crippen LogP contribution in [0.2, 0.25) is 0 Å². The van der Waals surface area contributed by atoms with Crippen LogP contribution in [0.3, 0.4) is 0 Å². The van der Waals surface area contributed by atoms with E-state index in [4.69, 9.17) is 0 Å². The standard InChI is InChI=1S/C22H22F3N7O/c1-2-16-13-9-15(30-20-12-26-19(11-27-20)22(23,24)25)18(10-13)31(16)21(33)14-5-3-4-6-17(14)32-28-7-8-29-32/h3-8,11-13,15-16,18H,2,9-10H2,1H3,(H,27,30)/t13-,15?,16?,18?/m0/s1. The van der Waals surface area contributed by atoms with Gasteiger partial charge in [0.15, 0.2) is 5.69 Å². The number of nitrogens with zero attached hydrogens (tertiary/aromatic N) is 6. The first-order valence-electron chi connectivity index (χ1n) is 10.8. The van der Waals surface area contributed by atoms with Gasteiger partial charge in [0.2, 0.25) is 0 Å². The summed E-state index contributed by atoms with van der Waals surface area (Å²) in [6.07, 6.45) is 2.86. The molecule has 2 fully saturated rings. The molecule has 1 N–H and O–H groups in total. The third kappa shape index (κ3) is 3.81. The maximum absolute atomic E-state index is 13.8. The summed E-state index contributed by atoms with van der Waals surface area (Å²) in [6.45, 7) is 2.07. The van der Waals surface area contributed by atoms with Gasteiger partial charge in [-0.3, -0.25) is 4.79 Å². The van der Waals surface area contributed by atoms with Gasteiger partial charge in [0.1, 0.15) is 5.82 Å². The van der Waals surface area contributed by atoms with Gasteiger partial charge >= 0.3 is 6.18 Å². The normalized spacial score (nSPS) is 24.3. The fraction of sp³-hybridized carbons (Fsp3) is 0.409. The third-order valence-electron chi connectivity index (χ3n) is 6.52. The van der Waals surface area contributed by atoms with Gasteiger partial charge in [-0.15, -0.1) is 0 Å². The van der Waals surface area contributed by atoms with Gasteiger partial charge in [-0.1, -0.05) is 19.1 Å². The summed E-state index contributed by atoms with van der Waals surface area (Å²) >= 11 is 0. The Morgan fingerprint density at radius 1 is 1.12 bits per heavy atom. The molecule has 8 nitrogen and oxygen atoms in total. The first-order chi connectivity index (χ1) is 15.9. The molecule has 33 heavy (non-hydrogen) atoms. The SMILES string of the molecule is CCC1[C@H]2CC(Nc3cnc(C(F)(F)F)cn3)C(C2)N1C(=O)c1ccccc1-n1nccn1. The van der Waals surface area contributed by atoms with Crippen molar-refractivity contribution in [1.82, 2.24) is 29.9 Å². The quantitative estimate of drug-likeness (QED) is 0.630. The van der Waals surface area contributed by atoms with Crippen LogP contribution in [0.4, 0.5) is 19.0 Å². The summed E-state index contributed by atoms with van der Waals surface area (Å²) in [4.78, 5) is 24.5. The lowest BCUT2D eigenvalue weighted by molar-refractivity contribution is -0.141. The third-order valence-corrected chi connectivity index (χ3v) is 6.52. The Morgan fingerprint density at radius 3 is 2.55 bits per heavy atom. The van der Waals surface area contributed by atoms with Gasteiger partial charge in [-0.05, 0) is 37.3 Å². The molecule has 5 rings (SSSR count). The largest absolute Gasteiger partial charge is 0.434 e. The summed E-state index contributed by atoms with van der Waals surface area (Å²) in [6, 6.07) is 7.08. The van der Waals surface area contributed by atoms with Crippen LogP contribution < -0.4 is 5.32 Å². The van der Waals surface area contributed by atoms with E-state index in [2.05, 4.69) is 32.4 Å². The second kappa shape index (κ2) is 8.13. The van der Waals surface area contributed by atoms with Crippen molar-refractivity contribution in [2.24, 2.45) is 5.92 Å². The highest BCUT2D eigenvalue weighted by atomic mass is 19.4. The minimum atomic E-state index is -4.54. The number of piperidine rings is 1. The van der Waals surface area contributed by atoms with Gasteiger partial charge in [-0.2, -0.15) is 28.2 Å². The average Bonchev–Trinajstić information content (AvgIpc) is 3.55. The zero-order chi connectivity index (χ0) is 23.2. The summed E-state index contributed by atoms with van der Waals surface area (Å²) in [5.74, 6) is 0.466. The number of amides is 1. The Bertz CT molecular complexity index is 1130. The molecular formula is C22H22F3N7O. The molecule has 0 radical (unpaired) electrons. The highest BCUT2D eigenvalue weighted by Gasteiger charge is 2.52. The molecule has 2 bridgehead atoms. The number of hydrogen-bond donors (Lipinski definition) is 1. The highest BCUT2D eigenvalue weighted by Crippen LogP contribution is 2.45. The van der Waals surface area contributed by atoms with E-state index in [0.717, 1.165) is 31.7 Å². The van der Waals surface area contributed by atoms with E-state index in [-0.39, 0.29) is 29.9 Å². The first-order valence-corrected chi connectivity index (χ1v) is 10.8. The number of halogens is 3. The van der Waals surface area contributed by atoms with E-state index in [1.54, 1.807) is 24.5 Å². The number of likely N-dealkylation sites (tertiary alicyclic amines) is 1. The molecule has 1 saturated heterocycles. The fourth-order valence-electron chi connectivity index (χ4n) is 5.18. The molecule has 2 aliphatic rings. The number of benzene rings is 1. The van der Waals surface area contributed by atoms with Crippen LogP contribution in [-0.4, -0.2) is 53.9 Å². The molecule has 0 spiro atoms. The molecular weight excluding hydrogens is 435 g/mol. The lowest BCUT2D eigenvalue weighted by Crippen LogP contribution is -2.52. The predicted molar refractivity (Wildman–Crippen MR) is 113 cm³/mol. The van der Waals surface area contributed by atoms with Crippen LogP contribution in [0.15, 0.2) is 49.1 Å². The Kier molecular flexibility index (Phi) is 5.26. The highest BCUT2D eigenvalue weighted by molar-refractivity contribution is 5.98. The van der Waals surface area contributed by atoms with Crippen molar-refractivity contribution in [3.8, 4) is 5.69 Å². The lowest BCUT2D eigenvalue weighted by Gasteiger charge is -2.40. The van der Waals surface area contributed by atoms with Crippen molar-refractivity contribution < 1.29 is 18.0 Å². The van der Waals surface area contributed by atoms with E-state index in [9.17, 15) is 18.0 Å². The zero-order valence-electron chi connectivity index (χ0n) is 17.8. The Balaban J connectivity index is 1.40. The fourth-order valence-corrected chi connectivity index (χ4v) is 5.18. The van der Waals surface area contributed by atoms with Gasteiger partial charge < -0.3 is 10.2 Å². The van der Waals surface area contributed by atoms with Crippen molar-refractivity contribution in [3.63, 3.8) is 0 Å². The molecule has 3 heterocycles. The number of fused-ring (bicyclic) bond motifs is 2. The molecule has 172 valence electrons. The van der Waals surface area contributed by atoms with E-state index in [0.29, 0.717) is 17.2 Å². The molecule has 1 amide bonds. The van der Waals surface area contributed by atoms with Crippen molar-refractivity contribution in [1.29, 1.82) is 0 Å². The second-order valence-electron chi connectivity index (χ2n) is 8.36. The maximum Gasteiger partial charge on any atom is 0.434 e. The molecule has 1 saturated carbocycles. The number of rotatable bonds is 5. The van der Waals surface area contributed by atoms with Gasteiger partial charge in [-0.25, -0.2) is 9.97 Å². The molecule has 11 heteroatoms. The van der Waals surface area contributed by atoms with E-state index < -0.39 is 11.9 Å². The Hall–Kier alpha value is -3.50. The number of nitrogens with one attached hydrogen (secondary N) is 1. The number of carbonyl (C=O) groups excluding carboxylic acids is 1. The molecule has 3 aromatic rings. The molecule has 4 atom stereocenters. The number of anilines is 1. The summed E-state index contributed by atoms with van der Waals surface area (Å²) in [7, 11) is 0. The van der Waals surface area contributed by atoms with Crippen LogP contribution >= 0.6 is 0 Å². The number of aromatic nitrogens is 5. The Labute approximate surface area is 187 Å². The van der Waals surface area contributed by atoms with E-state index in [1.807, 2.05) is 17.0 Å². The molecule has 1 aliphatic carbocycles. The van der Waals surface area contributed by atoms with E-state index >= 15 is 0 Å². The summed E-state index contributed by atoms with van der Waals surface area (Å²) in [5.41, 5.74) is 0.0729. The predicted octanol–water partition coefficient (Wildman–Crippen LogP) is 3.57. The van der Waals surface area contributed by atoms with Crippen LogP contribution in [-0.2, 0) is 6.18 Å². The number of carbonyl (C=O) groups is 1. The minimum Gasteiger partial charge on any atom is -0.364 e. The molecule has 1 aliphatic heterocycles. The smallest absolute Gasteiger partial charge is 0.364 e. The van der Waals surface area contributed by atoms with Gasteiger partial charge in [0.05, 0.1) is 42.1 Å². The van der Waals surface area contributed by atoms with Crippen molar-refractivity contribution in [2.75, 3.05) is 5.32 Å². The molecule has 2 aromatic heterocycles. The van der Waals surface area contributed by atoms with Gasteiger partial charge in [0, 0.05) is 12.1 Å². The van der Waals surface area contributed by atoms with Crippen LogP contribution in [0, 0.1) is 5.92 Å². The topological polar surface area (TPSA) is 88.8 Å². The maximum atomic E-state index is 13.8.